The van der Waals surface area contributed by atoms with Gasteiger partial charge < -0.3 is 10.2 Å². The van der Waals surface area contributed by atoms with Crippen LogP contribution in [0.4, 0.5) is 11.4 Å². The van der Waals surface area contributed by atoms with E-state index in [0.717, 1.165) is 26.2 Å². The van der Waals surface area contributed by atoms with E-state index in [1.807, 2.05) is 43.4 Å². The second-order valence-corrected chi connectivity index (χ2v) is 12.4. The minimum Gasteiger partial charge on any atom is -0.317 e. The Kier molecular flexibility index (Phi) is 9.13. The molecule has 0 aliphatic carbocycles. The highest BCUT2D eigenvalue weighted by molar-refractivity contribution is 7.93. The van der Waals surface area contributed by atoms with Crippen molar-refractivity contribution < 1.29 is 16.8 Å². The third-order valence-electron chi connectivity index (χ3n) is 5.90. The summed E-state index contributed by atoms with van der Waals surface area (Å²) < 4.78 is 53.6. The molecule has 33 heavy (non-hydrogen) atoms. The predicted molar refractivity (Wildman–Crippen MR) is 134 cm³/mol. The first-order valence-electron chi connectivity index (χ1n) is 11.3. The summed E-state index contributed by atoms with van der Waals surface area (Å²) in [6, 6.07) is 18.1. The van der Waals surface area contributed by atoms with E-state index < -0.39 is 20.0 Å². The molecule has 0 atom stereocenters. The number of nitrogens with zero attached hydrogens (tertiary/aromatic N) is 1. The highest BCUT2D eigenvalue weighted by Crippen LogP contribution is 2.20. The number of rotatable bonds is 6. The number of piperidine rings is 2. The van der Waals surface area contributed by atoms with Gasteiger partial charge in [-0.1, -0.05) is 36.4 Å². The molecule has 2 aromatic carbocycles. The van der Waals surface area contributed by atoms with Crippen molar-refractivity contribution in [3.63, 3.8) is 0 Å². The van der Waals surface area contributed by atoms with E-state index >= 15 is 0 Å². The van der Waals surface area contributed by atoms with E-state index in [4.69, 9.17) is 0 Å². The lowest BCUT2D eigenvalue weighted by molar-refractivity contribution is 0.278. The Morgan fingerprint density at radius 2 is 1.09 bits per heavy atom. The van der Waals surface area contributed by atoms with Crippen molar-refractivity contribution in [3.05, 3.63) is 60.7 Å². The van der Waals surface area contributed by atoms with Gasteiger partial charge in [0.1, 0.15) is 0 Å². The molecule has 0 saturated carbocycles. The zero-order valence-corrected chi connectivity index (χ0v) is 20.6. The van der Waals surface area contributed by atoms with Crippen molar-refractivity contribution in [2.24, 2.45) is 0 Å². The zero-order valence-electron chi connectivity index (χ0n) is 19.0. The molecule has 8 nitrogen and oxygen atoms in total. The first-order valence-corrected chi connectivity index (χ1v) is 14.4. The number of likely N-dealkylation sites (tertiary alicyclic amines) is 1. The Morgan fingerprint density at radius 1 is 0.697 bits per heavy atom. The molecular formula is C23H34N4O4S2. The van der Waals surface area contributed by atoms with Crippen LogP contribution in [0.25, 0.3) is 0 Å². The standard InChI is InChI=1S/C12H18N2O2S.C11H16N2O2S/c1-14-9-7-12(8-10-14)17(15,16)13-11-5-3-2-4-6-11;14-16(15,11-6-8-12-9-7-11)13-10-4-2-1-3-5-10/h2-6,12-13H,7-10H2,1H3;1-5,11-13H,6-9H2. The number of hydrogen-bond acceptors (Lipinski definition) is 6. The fraction of sp³-hybridized carbons (Fsp3) is 0.478. The molecule has 0 aromatic heterocycles. The third kappa shape index (κ3) is 7.99. The highest BCUT2D eigenvalue weighted by atomic mass is 32.2. The molecule has 0 bridgehead atoms. The van der Waals surface area contributed by atoms with Crippen LogP contribution >= 0.6 is 0 Å². The Balaban J connectivity index is 0.000000186. The van der Waals surface area contributed by atoms with E-state index in [9.17, 15) is 16.8 Å². The number of para-hydroxylation sites is 2. The summed E-state index contributed by atoms with van der Waals surface area (Å²) >= 11 is 0. The van der Waals surface area contributed by atoms with E-state index in [2.05, 4.69) is 19.7 Å². The summed E-state index contributed by atoms with van der Waals surface area (Å²) in [6.07, 6.45) is 2.78. The van der Waals surface area contributed by atoms with Gasteiger partial charge in [0, 0.05) is 11.4 Å². The van der Waals surface area contributed by atoms with Gasteiger partial charge in [-0.15, -0.1) is 0 Å². The van der Waals surface area contributed by atoms with Gasteiger partial charge in [0.25, 0.3) is 0 Å². The summed E-state index contributed by atoms with van der Waals surface area (Å²) in [4.78, 5) is 2.16. The van der Waals surface area contributed by atoms with Gasteiger partial charge in [-0.2, -0.15) is 0 Å². The van der Waals surface area contributed by atoms with Crippen LogP contribution in [0.15, 0.2) is 60.7 Å². The van der Waals surface area contributed by atoms with Gasteiger partial charge in [0.15, 0.2) is 0 Å². The number of sulfonamides is 2. The predicted octanol–water partition coefficient (Wildman–Crippen LogP) is 2.70. The molecule has 0 amide bonds. The lowest BCUT2D eigenvalue weighted by Crippen LogP contribution is -2.39. The van der Waals surface area contributed by atoms with Crippen LogP contribution in [0.2, 0.25) is 0 Å². The average Bonchev–Trinajstić information content (AvgIpc) is 2.81. The molecule has 3 N–H and O–H groups in total. The van der Waals surface area contributed by atoms with E-state index in [-0.39, 0.29) is 10.5 Å². The quantitative estimate of drug-likeness (QED) is 0.570. The maximum atomic E-state index is 12.1. The molecule has 2 aromatic rings. The molecule has 2 heterocycles. The number of anilines is 2. The van der Waals surface area contributed by atoms with Crippen LogP contribution in [0.5, 0.6) is 0 Å². The van der Waals surface area contributed by atoms with E-state index in [1.165, 1.54) is 0 Å². The van der Waals surface area contributed by atoms with Gasteiger partial charge in [0.2, 0.25) is 20.0 Å². The maximum Gasteiger partial charge on any atom is 0.235 e. The largest absolute Gasteiger partial charge is 0.317 e. The minimum atomic E-state index is -3.24. The molecule has 0 spiro atoms. The lowest BCUT2D eigenvalue weighted by atomic mass is 10.1. The topological polar surface area (TPSA) is 108 Å². The highest BCUT2D eigenvalue weighted by Gasteiger charge is 2.29. The number of hydrogen-bond donors (Lipinski definition) is 3. The van der Waals surface area contributed by atoms with Gasteiger partial charge in [-0.05, 0) is 83.2 Å². The van der Waals surface area contributed by atoms with Crippen LogP contribution < -0.4 is 14.8 Å². The maximum absolute atomic E-state index is 12.1. The van der Waals surface area contributed by atoms with Crippen molar-refractivity contribution in [1.82, 2.24) is 10.2 Å². The average molecular weight is 495 g/mol. The summed E-state index contributed by atoms with van der Waals surface area (Å²) in [6.45, 7) is 3.25. The van der Waals surface area contributed by atoms with Crippen molar-refractivity contribution in [1.29, 1.82) is 0 Å². The first kappa shape index (κ1) is 25.5. The summed E-state index contributed by atoms with van der Waals surface area (Å²) in [5.41, 5.74) is 1.28. The van der Waals surface area contributed by atoms with Crippen molar-refractivity contribution in [2.75, 3.05) is 42.7 Å². The summed E-state index contributed by atoms with van der Waals surface area (Å²) in [5, 5.41) is 2.62. The smallest absolute Gasteiger partial charge is 0.235 e. The van der Waals surface area contributed by atoms with Crippen molar-refractivity contribution in [2.45, 2.75) is 36.2 Å². The molecule has 2 saturated heterocycles. The van der Waals surface area contributed by atoms with Crippen molar-refractivity contribution in [3.8, 4) is 0 Å². The molecule has 2 fully saturated rings. The van der Waals surface area contributed by atoms with Crippen LogP contribution in [0.1, 0.15) is 25.7 Å². The molecule has 182 valence electrons. The second-order valence-electron chi connectivity index (χ2n) is 8.48. The molecule has 2 aliphatic heterocycles. The third-order valence-corrected chi connectivity index (χ3v) is 9.64. The number of benzene rings is 2. The molecule has 0 radical (unpaired) electrons. The van der Waals surface area contributed by atoms with Crippen LogP contribution in [-0.2, 0) is 20.0 Å². The van der Waals surface area contributed by atoms with E-state index in [1.54, 1.807) is 24.3 Å². The van der Waals surface area contributed by atoms with Crippen LogP contribution in [0, 0.1) is 0 Å². The zero-order chi connectivity index (χ0) is 23.7. The molecule has 0 unspecified atom stereocenters. The Bertz CT molecular complexity index is 1050. The minimum absolute atomic E-state index is 0.265. The van der Waals surface area contributed by atoms with Crippen LogP contribution in [0.3, 0.4) is 0 Å². The van der Waals surface area contributed by atoms with Gasteiger partial charge in [0.05, 0.1) is 10.5 Å². The SMILES string of the molecule is CN1CCC(S(=O)(=O)Nc2ccccc2)CC1.O=S(=O)(Nc1ccccc1)C1CCNCC1. The van der Waals surface area contributed by atoms with Crippen molar-refractivity contribution >= 4 is 31.4 Å². The van der Waals surface area contributed by atoms with E-state index in [0.29, 0.717) is 37.1 Å². The van der Waals surface area contributed by atoms with Crippen LogP contribution in [-0.4, -0.2) is 65.5 Å². The van der Waals surface area contributed by atoms with Gasteiger partial charge in [-0.3, -0.25) is 9.44 Å². The summed E-state index contributed by atoms with van der Waals surface area (Å²) in [7, 11) is -4.44. The molecule has 2 aliphatic rings. The molecule has 4 rings (SSSR count). The fourth-order valence-electron chi connectivity index (χ4n) is 3.91. The second kappa shape index (κ2) is 11.8. The summed E-state index contributed by atoms with van der Waals surface area (Å²) in [5.74, 6) is 0. The Labute approximate surface area is 197 Å². The number of nitrogens with one attached hydrogen (secondary N) is 3. The molecular weight excluding hydrogens is 460 g/mol. The normalized spacial score (nSPS) is 18.7. The Hall–Kier alpha value is -2.14. The van der Waals surface area contributed by atoms with Gasteiger partial charge >= 0.3 is 0 Å². The fourth-order valence-corrected chi connectivity index (χ4v) is 6.86. The molecule has 10 heteroatoms. The van der Waals surface area contributed by atoms with Gasteiger partial charge in [-0.25, -0.2) is 16.8 Å². The first-order chi connectivity index (χ1) is 15.8. The Morgan fingerprint density at radius 3 is 1.52 bits per heavy atom. The monoisotopic (exact) mass is 494 g/mol. The lowest BCUT2D eigenvalue weighted by Gasteiger charge is -2.28.